The van der Waals surface area contributed by atoms with Gasteiger partial charge in [0.2, 0.25) is 0 Å². The second-order valence-electron chi connectivity index (χ2n) is 6.25. The number of hydrogen-bond donors (Lipinski definition) is 1. The fourth-order valence-electron chi connectivity index (χ4n) is 2.60. The first-order valence-electron chi connectivity index (χ1n) is 8.40. The molecule has 0 spiro atoms. The van der Waals surface area contributed by atoms with E-state index in [2.05, 4.69) is 0 Å². The number of ether oxygens (including phenoxy) is 2. The molecule has 2 atom stereocenters. The van der Waals surface area contributed by atoms with Gasteiger partial charge in [0.25, 0.3) is 0 Å². The zero-order valence-corrected chi connectivity index (χ0v) is 14.4. The summed E-state index contributed by atoms with van der Waals surface area (Å²) in [6, 6.07) is 9.82. The van der Waals surface area contributed by atoms with Gasteiger partial charge in [0.1, 0.15) is 0 Å². The van der Waals surface area contributed by atoms with Crippen molar-refractivity contribution in [3.8, 4) is 0 Å². The SMILES string of the molecule is CCOC1=CC(=O)[C@@](C)(C=C[C@H](O)COCc2ccccc2)CC1. The van der Waals surface area contributed by atoms with Crippen LogP contribution in [0.15, 0.2) is 54.3 Å². The Hall–Kier alpha value is -1.91. The minimum Gasteiger partial charge on any atom is -0.498 e. The number of rotatable bonds is 8. The average molecular weight is 330 g/mol. The third kappa shape index (κ3) is 5.32. The maximum atomic E-state index is 12.3. The van der Waals surface area contributed by atoms with Gasteiger partial charge < -0.3 is 14.6 Å². The average Bonchev–Trinajstić information content (AvgIpc) is 2.58. The first kappa shape index (κ1) is 18.4. The molecule has 1 aromatic rings. The maximum Gasteiger partial charge on any atom is 0.168 e. The Balaban J connectivity index is 1.82. The Labute approximate surface area is 143 Å². The zero-order chi connectivity index (χ0) is 17.4. The first-order chi connectivity index (χ1) is 11.5. The van der Waals surface area contributed by atoms with Gasteiger partial charge in [-0.15, -0.1) is 0 Å². The molecule has 0 aromatic heterocycles. The molecule has 0 heterocycles. The Morgan fingerprint density at radius 3 is 2.75 bits per heavy atom. The highest BCUT2D eigenvalue weighted by Gasteiger charge is 2.33. The van der Waals surface area contributed by atoms with E-state index >= 15 is 0 Å². The largest absolute Gasteiger partial charge is 0.498 e. The van der Waals surface area contributed by atoms with Crippen molar-refractivity contribution < 1.29 is 19.4 Å². The topological polar surface area (TPSA) is 55.8 Å². The molecule has 4 nitrogen and oxygen atoms in total. The van der Waals surface area contributed by atoms with E-state index in [0.29, 0.717) is 19.6 Å². The lowest BCUT2D eigenvalue weighted by atomic mass is 9.77. The minimum atomic E-state index is -0.726. The maximum absolute atomic E-state index is 12.3. The van der Waals surface area contributed by atoms with E-state index in [1.807, 2.05) is 44.2 Å². The van der Waals surface area contributed by atoms with Crippen LogP contribution in [0.2, 0.25) is 0 Å². The predicted octanol–water partition coefficient (Wildman–Crippen LogP) is 3.41. The van der Waals surface area contributed by atoms with Crippen LogP contribution in [0.4, 0.5) is 0 Å². The molecule has 0 unspecified atom stereocenters. The van der Waals surface area contributed by atoms with E-state index in [4.69, 9.17) is 9.47 Å². The van der Waals surface area contributed by atoms with Gasteiger partial charge in [-0.25, -0.2) is 0 Å². The molecule has 0 saturated carbocycles. The summed E-state index contributed by atoms with van der Waals surface area (Å²) in [5, 5.41) is 10.0. The van der Waals surface area contributed by atoms with Crippen LogP contribution in [0.1, 0.15) is 32.3 Å². The number of carbonyl (C=O) groups excluding carboxylic acids is 1. The van der Waals surface area contributed by atoms with Crippen molar-refractivity contribution in [1.82, 2.24) is 0 Å². The van der Waals surface area contributed by atoms with Crippen LogP contribution < -0.4 is 0 Å². The monoisotopic (exact) mass is 330 g/mol. The first-order valence-corrected chi connectivity index (χ1v) is 8.40. The zero-order valence-electron chi connectivity index (χ0n) is 14.4. The van der Waals surface area contributed by atoms with E-state index < -0.39 is 11.5 Å². The molecule has 0 saturated heterocycles. The summed E-state index contributed by atoms with van der Waals surface area (Å²) in [6.45, 7) is 5.04. The molecule has 0 bridgehead atoms. The second kappa shape index (κ2) is 8.81. The van der Waals surface area contributed by atoms with Crippen molar-refractivity contribution in [2.45, 2.75) is 39.4 Å². The molecule has 24 heavy (non-hydrogen) atoms. The predicted molar refractivity (Wildman–Crippen MR) is 93.3 cm³/mol. The van der Waals surface area contributed by atoms with Gasteiger partial charge in [-0.05, 0) is 25.8 Å². The van der Waals surface area contributed by atoms with E-state index in [0.717, 1.165) is 17.7 Å². The third-order valence-corrected chi connectivity index (χ3v) is 4.16. The summed E-state index contributed by atoms with van der Waals surface area (Å²) in [4.78, 5) is 12.3. The van der Waals surface area contributed by atoms with Gasteiger partial charge in [0, 0.05) is 17.9 Å². The highest BCUT2D eigenvalue weighted by atomic mass is 16.5. The van der Waals surface area contributed by atoms with Crippen LogP contribution in [0.25, 0.3) is 0 Å². The molecule has 1 aliphatic rings. The van der Waals surface area contributed by atoms with Gasteiger partial charge in [-0.1, -0.05) is 42.5 Å². The van der Waals surface area contributed by atoms with Crippen LogP contribution in [0, 0.1) is 5.41 Å². The van der Waals surface area contributed by atoms with Gasteiger partial charge in [-0.3, -0.25) is 4.79 Å². The molecule has 1 aliphatic carbocycles. The van der Waals surface area contributed by atoms with Crippen molar-refractivity contribution in [3.63, 3.8) is 0 Å². The summed E-state index contributed by atoms with van der Waals surface area (Å²) in [5.41, 5.74) is 0.484. The van der Waals surface area contributed by atoms with Crippen LogP contribution in [0.3, 0.4) is 0 Å². The van der Waals surface area contributed by atoms with Crippen molar-refractivity contribution >= 4 is 5.78 Å². The lowest BCUT2D eigenvalue weighted by Gasteiger charge is -2.28. The summed E-state index contributed by atoms with van der Waals surface area (Å²) in [5.74, 6) is 0.769. The molecule has 0 fully saturated rings. The van der Waals surface area contributed by atoms with E-state index in [-0.39, 0.29) is 12.4 Å². The molecule has 4 heteroatoms. The fraction of sp³-hybridized carbons (Fsp3) is 0.450. The molecule has 0 radical (unpaired) electrons. The van der Waals surface area contributed by atoms with Crippen molar-refractivity contribution in [2.75, 3.05) is 13.2 Å². The standard InChI is InChI=1S/C20H26O4/c1-3-24-18-10-12-20(2,19(22)13-18)11-9-17(21)15-23-14-16-7-5-4-6-8-16/h4-9,11,13,17,21H,3,10,12,14-15H2,1-2H3/t17-,20-/m0/s1. The molecule has 1 N–H and O–H groups in total. The molecule has 130 valence electrons. The molecule has 0 amide bonds. The lowest BCUT2D eigenvalue weighted by molar-refractivity contribution is -0.122. The fourth-order valence-corrected chi connectivity index (χ4v) is 2.60. The van der Waals surface area contributed by atoms with Gasteiger partial charge in [0.05, 0.1) is 31.7 Å². The summed E-state index contributed by atoms with van der Waals surface area (Å²) >= 11 is 0. The summed E-state index contributed by atoms with van der Waals surface area (Å²) in [7, 11) is 0. The molecule has 1 aromatic carbocycles. The van der Waals surface area contributed by atoms with Gasteiger partial charge >= 0.3 is 0 Å². The number of ketones is 1. The Morgan fingerprint density at radius 1 is 1.33 bits per heavy atom. The van der Waals surface area contributed by atoms with E-state index in [9.17, 15) is 9.90 Å². The Morgan fingerprint density at radius 2 is 2.08 bits per heavy atom. The van der Waals surface area contributed by atoms with Crippen LogP contribution in [0.5, 0.6) is 0 Å². The molecule has 0 aliphatic heterocycles. The smallest absolute Gasteiger partial charge is 0.168 e. The lowest BCUT2D eigenvalue weighted by Crippen LogP contribution is -2.29. The molecular formula is C20H26O4. The highest BCUT2D eigenvalue weighted by Crippen LogP contribution is 2.34. The Kier molecular flexibility index (Phi) is 6.76. The minimum absolute atomic E-state index is 0.0193. The molecular weight excluding hydrogens is 304 g/mol. The summed E-state index contributed by atoms with van der Waals surface area (Å²) < 4.78 is 10.9. The van der Waals surface area contributed by atoms with Crippen LogP contribution in [-0.4, -0.2) is 30.2 Å². The second-order valence-corrected chi connectivity index (χ2v) is 6.25. The number of aliphatic hydroxyl groups is 1. The van der Waals surface area contributed by atoms with Crippen LogP contribution >= 0.6 is 0 Å². The van der Waals surface area contributed by atoms with Crippen LogP contribution in [-0.2, 0) is 20.9 Å². The number of aliphatic hydroxyl groups excluding tert-OH is 1. The number of carbonyl (C=O) groups is 1. The third-order valence-electron chi connectivity index (χ3n) is 4.16. The summed E-state index contributed by atoms with van der Waals surface area (Å²) in [6.07, 6.45) is 5.73. The van der Waals surface area contributed by atoms with Crippen molar-refractivity contribution in [2.24, 2.45) is 5.41 Å². The van der Waals surface area contributed by atoms with Gasteiger partial charge in [-0.2, -0.15) is 0 Å². The normalized spacial score (nSPS) is 22.5. The number of allylic oxidation sites excluding steroid dienone is 3. The highest BCUT2D eigenvalue weighted by molar-refractivity contribution is 5.97. The quantitative estimate of drug-likeness (QED) is 0.742. The van der Waals surface area contributed by atoms with E-state index in [1.165, 1.54) is 0 Å². The number of benzene rings is 1. The van der Waals surface area contributed by atoms with Crippen molar-refractivity contribution in [3.05, 3.63) is 59.9 Å². The molecule has 2 rings (SSSR count). The van der Waals surface area contributed by atoms with Crippen molar-refractivity contribution in [1.29, 1.82) is 0 Å². The van der Waals surface area contributed by atoms with E-state index in [1.54, 1.807) is 18.2 Å². The number of hydrogen-bond acceptors (Lipinski definition) is 4. The Bertz CT molecular complexity index is 591. The van der Waals surface area contributed by atoms with Gasteiger partial charge in [0.15, 0.2) is 5.78 Å².